The van der Waals surface area contributed by atoms with Gasteiger partial charge in [-0.25, -0.2) is 19.6 Å². The third kappa shape index (κ3) is 9.18. The molecule has 290 valence electrons. The molecule has 0 radical (unpaired) electrons. The number of nitrogens with zero attached hydrogens (tertiary/aromatic N) is 5. The number of carbonyl (C=O) groups excluding carboxylic acids is 2. The van der Waals surface area contributed by atoms with Crippen LogP contribution in [0.2, 0.25) is 0 Å². The Balaban J connectivity index is 0.000000172. The molecule has 5 aromatic rings. The van der Waals surface area contributed by atoms with E-state index in [1.54, 1.807) is 11.2 Å². The van der Waals surface area contributed by atoms with Crippen molar-refractivity contribution < 1.29 is 19.1 Å². The molecule has 2 amide bonds. The summed E-state index contributed by atoms with van der Waals surface area (Å²) >= 11 is 0. The Bertz CT molecular complexity index is 2210. The van der Waals surface area contributed by atoms with Crippen LogP contribution in [0.1, 0.15) is 82.9 Å². The summed E-state index contributed by atoms with van der Waals surface area (Å²) in [5, 5.41) is 4.46. The molecule has 4 heterocycles. The van der Waals surface area contributed by atoms with Crippen molar-refractivity contribution in [2.75, 3.05) is 38.2 Å². The van der Waals surface area contributed by atoms with Gasteiger partial charge in [0, 0.05) is 67.1 Å². The number of ether oxygens (including phenoxy) is 2. The number of benzene rings is 4. The van der Waals surface area contributed by atoms with Crippen LogP contribution in [0.25, 0.3) is 33.2 Å². The van der Waals surface area contributed by atoms with Crippen LogP contribution in [0.15, 0.2) is 102 Å². The summed E-state index contributed by atoms with van der Waals surface area (Å²) in [6, 6.07) is 29.5. The average Bonchev–Trinajstić information content (AvgIpc) is 3.89. The van der Waals surface area contributed by atoms with Gasteiger partial charge in [-0.2, -0.15) is 0 Å². The third-order valence-electron chi connectivity index (χ3n) is 10.2. The monoisotopic (exact) mass is 752 g/mol. The standard InChI is InChI=1S/C23H27N3O2.C23H25N3O2/c2*1-23(2,3)28-22(27)26-10-9-17(14-26)20-12-18(16-7-5-4-6-8-16)11-19-13-24-15-25-21(19)20/h4-8,11-13,17,25H,9-10,14-15H2,1-3H3;4-8,11-13,15,17H,9-10,14H2,1-3H3. The number of carbonyl (C=O) groups is 2. The van der Waals surface area contributed by atoms with E-state index in [1.165, 1.54) is 22.3 Å². The van der Waals surface area contributed by atoms with Crippen LogP contribution in [0.3, 0.4) is 0 Å². The molecule has 2 fully saturated rings. The second-order valence-electron chi connectivity index (χ2n) is 16.8. The summed E-state index contributed by atoms with van der Waals surface area (Å²) in [5.74, 6) is 0.512. The van der Waals surface area contributed by atoms with Crippen LogP contribution in [-0.2, 0) is 9.47 Å². The van der Waals surface area contributed by atoms with Gasteiger partial charge >= 0.3 is 12.2 Å². The Labute approximate surface area is 330 Å². The van der Waals surface area contributed by atoms with E-state index in [0.717, 1.165) is 52.7 Å². The number of likely N-dealkylation sites (tertiary alicyclic amines) is 2. The van der Waals surface area contributed by atoms with Crippen molar-refractivity contribution in [3.63, 3.8) is 0 Å². The van der Waals surface area contributed by atoms with Gasteiger partial charge in [-0.05, 0) is 112 Å². The molecule has 3 aliphatic rings. The summed E-state index contributed by atoms with van der Waals surface area (Å²) in [7, 11) is 0. The molecule has 0 spiro atoms. The fourth-order valence-electron chi connectivity index (χ4n) is 7.64. The SMILES string of the molecule is CC(C)(C)OC(=O)N1CCC(c2cc(-c3ccccc3)cc3c2NCN=C3)C1.CC(C)(C)OC(=O)N1CCC(c2cc(-c3ccccc3)cc3cncnc23)C1. The molecule has 1 aromatic heterocycles. The summed E-state index contributed by atoms with van der Waals surface area (Å²) in [4.78, 5) is 41.7. The van der Waals surface area contributed by atoms with E-state index in [2.05, 4.69) is 80.9 Å². The van der Waals surface area contributed by atoms with Crippen LogP contribution in [-0.4, -0.2) is 82.2 Å². The number of rotatable bonds is 4. The van der Waals surface area contributed by atoms with Gasteiger partial charge in [0.05, 0.1) is 5.52 Å². The lowest BCUT2D eigenvalue weighted by molar-refractivity contribution is 0.0282. The average molecular weight is 753 g/mol. The highest BCUT2D eigenvalue weighted by Crippen LogP contribution is 2.39. The van der Waals surface area contributed by atoms with Gasteiger partial charge in [0.1, 0.15) is 24.2 Å². The van der Waals surface area contributed by atoms with Crippen molar-refractivity contribution in [3.05, 3.63) is 114 Å². The lowest BCUT2D eigenvalue weighted by atomic mass is 9.90. The molecule has 1 N–H and O–H groups in total. The van der Waals surface area contributed by atoms with E-state index < -0.39 is 11.2 Å². The van der Waals surface area contributed by atoms with E-state index in [0.29, 0.717) is 26.3 Å². The Morgan fingerprint density at radius 2 is 1.23 bits per heavy atom. The highest BCUT2D eigenvalue weighted by molar-refractivity contribution is 5.93. The predicted octanol–water partition coefficient (Wildman–Crippen LogP) is 9.90. The number of fused-ring (bicyclic) bond motifs is 2. The molecule has 10 heteroatoms. The molecule has 56 heavy (non-hydrogen) atoms. The number of nitrogens with one attached hydrogen (secondary N) is 1. The molecule has 0 bridgehead atoms. The first kappa shape index (κ1) is 38.5. The number of hydrogen-bond acceptors (Lipinski definition) is 8. The summed E-state index contributed by atoms with van der Waals surface area (Å²) in [6.07, 6.45) is 6.76. The minimum atomic E-state index is -0.484. The zero-order valence-electron chi connectivity index (χ0n) is 33.3. The first-order valence-corrected chi connectivity index (χ1v) is 19.5. The smallest absolute Gasteiger partial charge is 0.410 e. The molecule has 4 aromatic carbocycles. The number of hydrogen-bond donors (Lipinski definition) is 1. The Morgan fingerprint density at radius 1 is 0.696 bits per heavy atom. The molecular formula is C46H52N6O4. The Hall–Kier alpha value is -5.77. The van der Waals surface area contributed by atoms with E-state index >= 15 is 0 Å². The Kier molecular flexibility index (Phi) is 11.1. The van der Waals surface area contributed by atoms with Crippen LogP contribution < -0.4 is 5.32 Å². The topological polar surface area (TPSA) is 109 Å². The molecule has 2 unspecified atom stereocenters. The molecular weight excluding hydrogens is 701 g/mol. The van der Waals surface area contributed by atoms with Crippen molar-refractivity contribution in [2.45, 2.75) is 77.4 Å². The van der Waals surface area contributed by atoms with Crippen LogP contribution in [0.4, 0.5) is 15.3 Å². The van der Waals surface area contributed by atoms with Crippen molar-refractivity contribution in [1.82, 2.24) is 19.8 Å². The molecule has 3 aliphatic heterocycles. The number of aromatic nitrogens is 2. The van der Waals surface area contributed by atoms with Gasteiger partial charge in [0.2, 0.25) is 0 Å². The van der Waals surface area contributed by atoms with E-state index in [4.69, 9.17) is 9.47 Å². The maximum absolute atomic E-state index is 12.5. The quantitative estimate of drug-likeness (QED) is 0.195. The van der Waals surface area contributed by atoms with Gasteiger partial charge in [0.25, 0.3) is 0 Å². The maximum Gasteiger partial charge on any atom is 0.410 e. The van der Waals surface area contributed by atoms with Crippen LogP contribution in [0, 0.1) is 0 Å². The van der Waals surface area contributed by atoms with Crippen molar-refractivity contribution in [2.24, 2.45) is 4.99 Å². The molecule has 8 rings (SSSR count). The summed E-state index contributed by atoms with van der Waals surface area (Å²) < 4.78 is 11.1. The molecule has 2 atom stereocenters. The number of aliphatic imine (C=N–C) groups is 1. The minimum absolute atomic E-state index is 0.224. The fourth-order valence-corrected chi connectivity index (χ4v) is 7.64. The summed E-state index contributed by atoms with van der Waals surface area (Å²) in [6.45, 7) is 14.7. The molecule has 2 saturated heterocycles. The van der Waals surface area contributed by atoms with Crippen LogP contribution >= 0.6 is 0 Å². The fraction of sp³-hybridized carbons (Fsp3) is 0.370. The highest BCUT2D eigenvalue weighted by atomic mass is 16.6. The highest BCUT2D eigenvalue weighted by Gasteiger charge is 2.34. The molecule has 10 nitrogen and oxygen atoms in total. The lowest BCUT2D eigenvalue weighted by Crippen LogP contribution is -2.35. The van der Waals surface area contributed by atoms with Crippen molar-refractivity contribution in [1.29, 1.82) is 0 Å². The zero-order valence-corrected chi connectivity index (χ0v) is 33.3. The zero-order chi connectivity index (χ0) is 39.5. The van der Waals surface area contributed by atoms with E-state index in [9.17, 15) is 9.59 Å². The third-order valence-corrected chi connectivity index (χ3v) is 10.2. The first-order chi connectivity index (χ1) is 26.8. The van der Waals surface area contributed by atoms with Gasteiger partial charge in [0.15, 0.2) is 0 Å². The van der Waals surface area contributed by atoms with Crippen molar-refractivity contribution in [3.8, 4) is 22.3 Å². The van der Waals surface area contributed by atoms with E-state index in [1.807, 2.05) is 83.1 Å². The van der Waals surface area contributed by atoms with Gasteiger partial charge in [-0.3, -0.25) is 4.99 Å². The number of anilines is 1. The normalized spacial score (nSPS) is 17.8. The van der Waals surface area contributed by atoms with Gasteiger partial charge in [-0.15, -0.1) is 0 Å². The molecule has 0 saturated carbocycles. The largest absolute Gasteiger partial charge is 0.444 e. The van der Waals surface area contributed by atoms with E-state index in [-0.39, 0.29) is 24.0 Å². The minimum Gasteiger partial charge on any atom is -0.444 e. The first-order valence-electron chi connectivity index (χ1n) is 19.5. The van der Waals surface area contributed by atoms with Crippen LogP contribution in [0.5, 0.6) is 0 Å². The maximum atomic E-state index is 12.5. The second kappa shape index (κ2) is 16.1. The molecule has 0 aliphatic carbocycles. The summed E-state index contributed by atoms with van der Waals surface area (Å²) in [5.41, 5.74) is 9.37. The van der Waals surface area contributed by atoms with Gasteiger partial charge < -0.3 is 24.6 Å². The second-order valence-corrected chi connectivity index (χ2v) is 16.8. The predicted molar refractivity (Wildman–Crippen MR) is 223 cm³/mol. The number of amides is 2. The Morgan fingerprint density at radius 3 is 1.80 bits per heavy atom. The van der Waals surface area contributed by atoms with Gasteiger partial charge in [-0.1, -0.05) is 60.7 Å². The lowest BCUT2D eigenvalue weighted by Gasteiger charge is -2.25. The van der Waals surface area contributed by atoms with Crippen molar-refractivity contribution >= 4 is 35.0 Å².